The third-order valence-electron chi connectivity index (χ3n) is 2.78. The summed E-state index contributed by atoms with van der Waals surface area (Å²) in [5.74, 6) is 0.698. The van der Waals surface area contributed by atoms with Crippen LogP contribution < -0.4 is 5.73 Å². The number of likely N-dealkylation sites (tertiary alicyclic amines) is 1. The van der Waals surface area contributed by atoms with Crippen LogP contribution in [0.15, 0.2) is 11.6 Å². The fraction of sp³-hybridized carbons (Fsp3) is 0.700. The van der Waals surface area contributed by atoms with Crippen LogP contribution in [0.4, 0.5) is 0 Å². The quantitative estimate of drug-likeness (QED) is 0.885. The maximum Gasteiger partial charge on any atom is 0.107 e. The summed E-state index contributed by atoms with van der Waals surface area (Å²) in [6.45, 7) is 4.19. The van der Waals surface area contributed by atoms with Crippen LogP contribution in [-0.2, 0) is 6.54 Å². The van der Waals surface area contributed by atoms with Gasteiger partial charge in [-0.2, -0.15) is 0 Å². The number of nitrogens with zero attached hydrogens (tertiary/aromatic N) is 2. The molecule has 0 amide bonds. The predicted molar refractivity (Wildman–Crippen MR) is 66.4 cm³/mol. The van der Waals surface area contributed by atoms with Crippen LogP contribution in [0.3, 0.4) is 0 Å². The average molecular weight is 248 g/mol. The molecule has 1 aliphatic heterocycles. The molecule has 1 saturated heterocycles. The van der Waals surface area contributed by atoms with Gasteiger partial charge in [0.05, 0.1) is 6.54 Å². The van der Waals surface area contributed by atoms with E-state index in [0.29, 0.717) is 5.92 Å². The molecule has 0 aliphatic carbocycles. The Bertz CT molecular complexity index is 266. The Hall–Kier alpha value is -0.160. The van der Waals surface area contributed by atoms with Crippen molar-refractivity contribution in [3.63, 3.8) is 0 Å². The lowest BCUT2D eigenvalue weighted by atomic mass is 9.98. The molecule has 1 aromatic rings. The molecule has 3 nitrogen and oxygen atoms in total. The summed E-state index contributed by atoms with van der Waals surface area (Å²) in [5, 5.41) is 3.27. The Kier molecular flexibility index (Phi) is 5.53. The summed E-state index contributed by atoms with van der Waals surface area (Å²) in [6.07, 6.45) is 4.46. The van der Waals surface area contributed by atoms with Crippen molar-refractivity contribution in [3.05, 3.63) is 16.6 Å². The normalized spacial score (nSPS) is 22.3. The van der Waals surface area contributed by atoms with Crippen molar-refractivity contribution in [2.24, 2.45) is 11.7 Å². The standard InChI is InChI=1S/C10H17N3S.ClH/c11-6-9-2-1-4-13(7-9)8-10-12-3-5-14-10;/h3,5,9H,1-2,4,6-8,11H2;1H. The molecular formula is C10H18ClN3S. The Labute approximate surface area is 101 Å². The number of thiazole rings is 1. The highest BCUT2D eigenvalue weighted by molar-refractivity contribution is 7.09. The van der Waals surface area contributed by atoms with Gasteiger partial charge in [-0.15, -0.1) is 23.7 Å². The third-order valence-corrected chi connectivity index (χ3v) is 3.54. The molecule has 1 aliphatic rings. The molecule has 5 heteroatoms. The maximum atomic E-state index is 5.70. The number of piperidine rings is 1. The number of rotatable bonds is 3. The zero-order chi connectivity index (χ0) is 9.80. The van der Waals surface area contributed by atoms with E-state index in [-0.39, 0.29) is 12.4 Å². The Balaban J connectivity index is 0.00000112. The number of hydrogen-bond acceptors (Lipinski definition) is 4. The SMILES string of the molecule is Cl.NCC1CCCN(Cc2nccs2)C1. The molecular weight excluding hydrogens is 230 g/mol. The highest BCUT2D eigenvalue weighted by Crippen LogP contribution is 2.18. The van der Waals surface area contributed by atoms with Crippen molar-refractivity contribution >= 4 is 23.7 Å². The van der Waals surface area contributed by atoms with Gasteiger partial charge in [0.1, 0.15) is 5.01 Å². The van der Waals surface area contributed by atoms with E-state index in [9.17, 15) is 0 Å². The first kappa shape index (κ1) is 12.9. The zero-order valence-electron chi connectivity index (χ0n) is 8.76. The molecule has 0 aromatic carbocycles. The van der Waals surface area contributed by atoms with E-state index in [0.717, 1.165) is 19.6 Å². The second-order valence-electron chi connectivity index (χ2n) is 3.90. The van der Waals surface area contributed by atoms with Crippen LogP contribution in [0.1, 0.15) is 17.8 Å². The van der Waals surface area contributed by atoms with Gasteiger partial charge in [-0.1, -0.05) is 0 Å². The van der Waals surface area contributed by atoms with Crippen molar-refractivity contribution in [1.29, 1.82) is 0 Å². The van der Waals surface area contributed by atoms with Crippen molar-refractivity contribution < 1.29 is 0 Å². The zero-order valence-corrected chi connectivity index (χ0v) is 10.4. The second kappa shape index (κ2) is 6.43. The smallest absolute Gasteiger partial charge is 0.107 e. The highest BCUT2D eigenvalue weighted by Gasteiger charge is 2.18. The summed E-state index contributed by atoms with van der Waals surface area (Å²) < 4.78 is 0. The predicted octanol–water partition coefficient (Wildman–Crippen LogP) is 1.74. The lowest BCUT2D eigenvalue weighted by molar-refractivity contribution is 0.171. The molecule has 15 heavy (non-hydrogen) atoms. The molecule has 1 aromatic heterocycles. The van der Waals surface area contributed by atoms with E-state index in [1.54, 1.807) is 11.3 Å². The number of nitrogens with two attached hydrogens (primary N) is 1. The molecule has 2 rings (SSSR count). The van der Waals surface area contributed by atoms with E-state index < -0.39 is 0 Å². The molecule has 0 radical (unpaired) electrons. The fourth-order valence-electron chi connectivity index (χ4n) is 2.01. The van der Waals surface area contributed by atoms with Crippen LogP contribution in [0, 0.1) is 5.92 Å². The molecule has 2 heterocycles. The minimum atomic E-state index is 0. The van der Waals surface area contributed by atoms with Crippen LogP contribution >= 0.6 is 23.7 Å². The summed E-state index contributed by atoms with van der Waals surface area (Å²) >= 11 is 1.74. The van der Waals surface area contributed by atoms with Gasteiger partial charge in [-0.05, 0) is 31.8 Å². The van der Waals surface area contributed by atoms with Gasteiger partial charge in [-0.3, -0.25) is 4.90 Å². The van der Waals surface area contributed by atoms with Gasteiger partial charge < -0.3 is 5.73 Å². The van der Waals surface area contributed by atoms with E-state index in [1.807, 2.05) is 11.6 Å². The van der Waals surface area contributed by atoms with E-state index in [1.165, 1.54) is 24.4 Å². The van der Waals surface area contributed by atoms with E-state index >= 15 is 0 Å². The van der Waals surface area contributed by atoms with Gasteiger partial charge in [0.15, 0.2) is 0 Å². The lowest BCUT2D eigenvalue weighted by Crippen LogP contribution is -2.37. The van der Waals surface area contributed by atoms with Gasteiger partial charge in [0, 0.05) is 18.1 Å². The highest BCUT2D eigenvalue weighted by atomic mass is 35.5. The monoisotopic (exact) mass is 247 g/mol. The molecule has 2 N–H and O–H groups in total. The molecule has 0 spiro atoms. The maximum absolute atomic E-state index is 5.70. The topological polar surface area (TPSA) is 42.1 Å². The Morgan fingerprint density at radius 2 is 2.47 bits per heavy atom. The van der Waals surface area contributed by atoms with Gasteiger partial charge in [0.25, 0.3) is 0 Å². The van der Waals surface area contributed by atoms with Crippen LogP contribution in [0.25, 0.3) is 0 Å². The molecule has 1 fully saturated rings. The average Bonchev–Trinajstić information content (AvgIpc) is 2.71. The number of halogens is 1. The summed E-state index contributed by atoms with van der Waals surface area (Å²) in [4.78, 5) is 6.78. The van der Waals surface area contributed by atoms with Crippen molar-refractivity contribution in [1.82, 2.24) is 9.88 Å². The Morgan fingerprint density at radius 3 is 3.13 bits per heavy atom. The largest absolute Gasteiger partial charge is 0.330 e. The van der Waals surface area contributed by atoms with Crippen LogP contribution in [0.5, 0.6) is 0 Å². The van der Waals surface area contributed by atoms with E-state index in [4.69, 9.17) is 5.73 Å². The van der Waals surface area contributed by atoms with Gasteiger partial charge >= 0.3 is 0 Å². The Morgan fingerprint density at radius 1 is 1.60 bits per heavy atom. The first-order valence-corrected chi connectivity index (χ1v) is 6.07. The van der Waals surface area contributed by atoms with Crippen molar-refractivity contribution in [3.8, 4) is 0 Å². The lowest BCUT2D eigenvalue weighted by Gasteiger charge is -2.31. The number of hydrogen-bond donors (Lipinski definition) is 1. The van der Waals surface area contributed by atoms with Gasteiger partial charge in [0.2, 0.25) is 0 Å². The first-order valence-electron chi connectivity index (χ1n) is 5.19. The first-order chi connectivity index (χ1) is 6.88. The van der Waals surface area contributed by atoms with E-state index in [2.05, 4.69) is 9.88 Å². The van der Waals surface area contributed by atoms with Crippen LogP contribution in [-0.4, -0.2) is 29.5 Å². The minimum absolute atomic E-state index is 0. The summed E-state index contributed by atoms with van der Waals surface area (Å²) in [5.41, 5.74) is 5.70. The van der Waals surface area contributed by atoms with Crippen LogP contribution in [0.2, 0.25) is 0 Å². The number of aromatic nitrogens is 1. The third kappa shape index (κ3) is 3.72. The minimum Gasteiger partial charge on any atom is -0.330 e. The van der Waals surface area contributed by atoms with Crippen molar-refractivity contribution in [2.45, 2.75) is 19.4 Å². The second-order valence-corrected chi connectivity index (χ2v) is 4.88. The summed E-state index contributed by atoms with van der Waals surface area (Å²) in [6, 6.07) is 0. The molecule has 0 bridgehead atoms. The molecule has 86 valence electrons. The molecule has 1 unspecified atom stereocenters. The molecule has 1 atom stereocenters. The van der Waals surface area contributed by atoms with Crippen molar-refractivity contribution in [2.75, 3.05) is 19.6 Å². The molecule has 0 saturated carbocycles. The van der Waals surface area contributed by atoms with Gasteiger partial charge in [-0.25, -0.2) is 4.98 Å². The summed E-state index contributed by atoms with van der Waals surface area (Å²) in [7, 11) is 0. The fourth-order valence-corrected chi connectivity index (χ4v) is 2.67.